The average molecular weight is 803 g/mol. The lowest BCUT2D eigenvalue weighted by atomic mass is 9.99. The number of para-hydroxylation sites is 3. The first kappa shape index (κ1) is 34.2. The molecular formula is C58H34N4O. The molecule has 4 heterocycles. The van der Waals surface area contributed by atoms with Gasteiger partial charge in [-0.25, -0.2) is 9.97 Å². The van der Waals surface area contributed by atoms with Crippen LogP contribution < -0.4 is 0 Å². The van der Waals surface area contributed by atoms with Crippen molar-refractivity contribution in [1.29, 1.82) is 0 Å². The summed E-state index contributed by atoms with van der Waals surface area (Å²) in [7, 11) is 0. The predicted octanol–water partition coefficient (Wildman–Crippen LogP) is 15.4. The van der Waals surface area contributed by atoms with Crippen molar-refractivity contribution in [3.05, 3.63) is 206 Å². The lowest BCUT2D eigenvalue weighted by Crippen LogP contribution is -1.95. The predicted molar refractivity (Wildman–Crippen MR) is 261 cm³/mol. The number of hydrogen-bond donors (Lipinski definition) is 0. The first-order valence-electron chi connectivity index (χ1n) is 21.4. The molecule has 14 aromatic rings. The summed E-state index contributed by atoms with van der Waals surface area (Å²) in [4.78, 5) is 10.5. The Morgan fingerprint density at radius 3 is 1.54 bits per heavy atom. The Labute approximate surface area is 360 Å². The molecule has 0 fully saturated rings. The van der Waals surface area contributed by atoms with Gasteiger partial charge < -0.3 is 13.6 Å². The standard InChI is InChI=1S/C58H34N4O/c1-2-14-39(15-3-1)61-51-24-11-9-20-44(51)48-32-36(26-29-52(48)61)38-25-28-45-43-19-8-10-23-50(43)62(53(45)34-38)40-16-12-13-35(31-40)37-27-30-54-49(33-37)57-58(63-54)60-56-47-22-7-5-18-42(47)41-17-4-6-21-46(41)55(56)59-57/h1-34H. The summed E-state index contributed by atoms with van der Waals surface area (Å²) >= 11 is 0. The van der Waals surface area contributed by atoms with E-state index in [4.69, 9.17) is 14.4 Å². The van der Waals surface area contributed by atoms with Gasteiger partial charge in [0.15, 0.2) is 0 Å². The number of hydrogen-bond acceptors (Lipinski definition) is 3. The van der Waals surface area contributed by atoms with Gasteiger partial charge in [-0.15, -0.1) is 0 Å². The number of fused-ring (bicyclic) bond motifs is 15. The summed E-state index contributed by atoms with van der Waals surface area (Å²) in [6, 6.07) is 74.1. The number of benzene rings is 10. The van der Waals surface area contributed by atoms with Gasteiger partial charge in [-0.1, -0.05) is 140 Å². The SMILES string of the molecule is c1ccc(-n2c3ccccc3c3cc(-c4ccc5c6ccccc6n(-c6cccc(-c7ccc8oc9nc%10c%11ccccc%11c%11ccccc%11c%10nc9c8c7)c6)c5c4)ccc32)cc1. The Kier molecular flexibility index (Phi) is 7.05. The number of furan rings is 1. The van der Waals surface area contributed by atoms with Crippen molar-refractivity contribution in [3.63, 3.8) is 0 Å². The lowest BCUT2D eigenvalue weighted by Gasteiger charge is -2.12. The van der Waals surface area contributed by atoms with Crippen molar-refractivity contribution in [2.45, 2.75) is 0 Å². The van der Waals surface area contributed by atoms with Gasteiger partial charge in [0.25, 0.3) is 0 Å². The van der Waals surface area contributed by atoms with E-state index >= 15 is 0 Å². The van der Waals surface area contributed by atoms with E-state index in [1.165, 1.54) is 54.6 Å². The van der Waals surface area contributed by atoms with Crippen molar-refractivity contribution < 1.29 is 4.42 Å². The Morgan fingerprint density at radius 1 is 0.286 bits per heavy atom. The first-order valence-corrected chi connectivity index (χ1v) is 21.4. The Hall–Kier alpha value is -8.54. The summed E-state index contributed by atoms with van der Waals surface area (Å²) in [5, 5.41) is 10.4. The van der Waals surface area contributed by atoms with Crippen LogP contribution in [0.15, 0.2) is 211 Å². The third-order valence-electron chi connectivity index (χ3n) is 13.1. The number of aromatic nitrogens is 4. The highest BCUT2D eigenvalue weighted by Crippen LogP contribution is 2.41. The topological polar surface area (TPSA) is 48.8 Å². The third kappa shape index (κ3) is 4.99. The van der Waals surface area contributed by atoms with E-state index in [0.717, 1.165) is 71.7 Å². The van der Waals surface area contributed by atoms with Gasteiger partial charge in [0.1, 0.15) is 16.6 Å². The molecule has 0 aliphatic rings. The molecule has 0 saturated heterocycles. The highest BCUT2D eigenvalue weighted by molar-refractivity contribution is 6.24. The van der Waals surface area contributed by atoms with Crippen LogP contribution in [0.5, 0.6) is 0 Å². The Bertz CT molecular complexity index is 4210. The zero-order valence-electron chi connectivity index (χ0n) is 33.8. The van der Waals surface area contributed by atoms with Gasteiger partial charge >= 0.3 is 0 Å². The van der Waals surface area contributed by atoms with Crippen LogP contribution in [-0.2, 0) is 0 Å². The van der Waals surface area contributed by atoms with Crippen molar-refractivity contribution in [2.75, 3.05) is 0 Å². The van der Waals surface area contributed by atoms with E-state index in [2.05, 4.69) is 215 Å². The average Bonchev–Trinajstić information content (AvgIpc) is 4.00. The molecule has 4 aromatic heterocycles. The molecule has 0 aliphatic heterocycles. The van der Waals surface area contributed by atoms with Gasteiger partial charge in [0.05, 0.1) is 27.6 Å². The van der Waals surface area contributed by atoms with Crippen molar-refractivity contribution in [3.8, 4) is 33.6 Å². The van der Waals surface area contributed by atoms with Crippen LogP contribution in [0.4, 0.5) is 0 Å². The van der Waals surface area contributed by atoms with E-state index < -0.39 is 0 Å². The Morgan fingerprint density at radius 2 is 0.794 bits per heavy atom. The van der Waals surface area contributed by atoms with Crippen LogP contribution >= 0.6 is 0 Å². The number of nitrogens with zero attached hydrogens (tertiary/aromatic N) is 4. The maximum absolute atomic E-state index is 6.43. The normalized spacial score (nSPS) is 12.1. The molecule has 0 amide bonds. The molecule has 292 valence electrons. The van der Waals surface area contributed by atoms with Gasteiger partial charge in [0.2, 0.25) is 5.71 Å². The van der Waals surface area contributed by atoms with Gasteiger partial charge in [-0.2, -0.15) is 0 Å². The van der Waals surface area contributed by atoms with E-state index in [0.29, 0.717) is 5.71 Å². The highest BCUT2D eigenvalue weighted by atomic mass is 16.3. The molecule has 0 radical (unpaired) electrons. The van der Waals surface area contributed by atoms with Gasteiger partial charge in [-0.3, -0.25) is 0 Å². The van der Waals surface area contributed by atoms with Crippen LogP contribution in [0.2, 0.25) is 0 Å². The molecule has 0 N–H and O–H groups in total. The van der Waals surface area contributed by atoms with Crippen molar-refractivity contribution >= 4 is 98.4 Å². The summed E-state index contributed by atoms with van der Waals surface area (Å²) in [5.74, 6) is 0. The minimum absolute atomic E-state index is 0.547. The monoisotopic (exact) mass is 802 g/mol. The summed E-state index contributed by atoms with van der Waals surface area (Å²) in [6.07, 6.45) is 0. The largest absolute Gasteiger partial charge is 0.436 e. The number of rotatable bonds is 4. The second-order valence-corrected chi connectivity index (χ2v) is 16.5. The van der Waals surface area contributed by atoms with E-state index in [1.807, 2.05) is 0 Å². The molecule has 5 nitrogen and oxygen atoms in total. The quantitative estimate of drug-likeness (QED) is 0.167. The molecule has 0 unspecified atom stereocenters. The van der Waals surface area contributed by atoms with E-state index in [-0.39, 0.29) is 0 Å². The fourth-order valence-electron chi connectivity index (χ4n) is 10.2. The van der Waals surface area contributed by atoms with Crippen LogP contribution in [0.1, 0.15) is 0 Å². The van der Waals surface area contributed by atoms with Crippen molar-refractivity contribution in [1.82, 2.24) is 19.1 Å². The fraction of sp³-hybridized carbons (Fsp3) is 0. The van der Waals surface area contributed by atoms with Crippen LogP contribution in [0.25, 0.3) is 132 Å². The van der Waals surface area contributed by atoms with Crippen molar-refractivity contribution in [2.24, 2.45) is 0 Å². The summed E-state index contributed by atoms with van der Waals surface area (Å²) in [5.41, 5.74) is 15.4. The fourth-order valence-corrected chi connectivity index (χ4v) is 10.2. The summed E-state index contributed by atoms with van der Waals surface area (Å²) < 4.78 is 11.2. The minimum atomic E-state index is 0.547. The second-order valence-electron chi connectivity index (χ2n) is 16.5. The maximum Gasteiger partial charge on any atom is 0.246 e. The van der Waals surface area contributed by atoms with E-state index in [9.17, 15) is 0 Å². The second kappa shape index (κ2) is 13.0. The molecule has 0 spiro atoms. The van der Waals surface area contributed by atoms with E-state index in [1.54, 1.807) is 0 Å². The van der Waals surface area contributed by atoms with Crippen LogP contribution in [-0.4, -0.2) is 19.1 Å². The highest BCUT2D eigenvalue weighted by Gasteiger charge is 2.19. The van der Waals surface area contributed by atoms with Gasteiger partial charge in [-0.05, 0) is 99.8 Å². The third-order valence-corrected chi connectivity index (χ3v) is 13.1. The molecule has 0 bridgehead atoms. The molecule has 0 atom stereocenters. The lowest BCUT2D eigenvalue weighted by molar-refractivity contribution is 0.655. The molecule has 5 heteroatoms. The van der Waals surface area contributed by atoms with Crippen LogP contribution in [0, 0.1) is 0 Å². The molecule has 14 rings (SSSR count). The Balaban J connectivity index is 0.917. The molecule has 10 aromatic carbocycles. The maximum atomic E-state index is 6.43. The molecule has 63 heavy (non-hydrogen) atoms. The molecule has 0 aliphatic carbocycles. The first-order chi connectivity index (χ1) is 31.2. The molecular weight excluding hydrogens is 769 g/mol. The smallest absolute Gasteiger partial charge is 0.246 e. The van der Waals surface area contributed by atoms with Gasteiger partial charge in [0, 0.05) is 49.1 Å². The zero-order valence-corrected chi connectivity index (χ0v) is 33.8. The summed E-state index contributed by atoms with van der Waals surface area (Å²) in [6.45, 7) is 0. The molecule has 0 saturated carbocycles. The zero-order chi connectivity index (χ0) is 41.2. The van der Waals surface area contributed by atoms with Crippen LogP contribution in [0.3, 0.4) is 0 Å². The minimum Gasteiger partial charge on any atom is -0.436 e.